The van der Waals surface area contributed by atoms with E-state index in [0.29, 0.717) is 24.1 Å². The lowest BCUT2D eigenvalue weighted by Crippen LogP contribution is -2.26. The molecule has 0 bridgehead atoms. The van der Waals surface area contributed by atoms with Crippen LogP contribution < -0.4 is 10.6 Å². The van der Waals surface area contributed by atoms with Crippen molar-refractivity contribution in [1.82, 2.24) is 15.3 Å². The molecule has 5 nitrogen and oxygen atoms in total. The molecular weight excluding hydrogens is 300 g/mol. The fraction of sp³-hybridized carbons (Fsp3) is 0.421. The van der Waals surface area contributed by atoms with E-state index >= 15 is 0 Å². The maximum absolute atomic E-state index is 12.2. The number of rotatable bonds is 7. The minimum absolute atomic E-state index is 0.162. The second-order valence-corrected chi connectivity index (χ2v) is 6.33. The summed E-state index contributed by atoms with van der Waals surface area (Å²) < 4.78 is 0. The van der Waals surface area contributed by atoms with Gasteiger partial charge in [-0.05, 0) is 49.4 Å². The van der Waals surface area contributed by atoms with Gasteiger partial charge in [0.25, 0.3) is 5.91 Å². The Morgan fingerprint density at radius 3 is 2.50 bits per heavy atom. The minimum Gasteiger partial charge on any atom is -0.351 e. The van der Waals surface area contributed by atoms with Crippen LogP contribution in [0.5, 0.6) is 0 Å². The molecule has 1 aromatic carbocycles. The van der Waals surface area contributed by atoms with Crippen LogP contribution in [0.15, 0.2) is 30.3 Å². The van der Waals surface area contributed by atoms with Gasteiger partial charge < -0.3 is 10.6 Å². The highest BCUT2D eigenvalue weighted by molar-refractivity contribution is 5.92. The molecule has 0 spiro atoms. The van der Waals surface area contributed by atoms with Crippen LogP contribution in [-0.2, 0) is 6.42 Å². The Morgan fingerprint density at radius 2 is 1.88 bits per heavy atom. The van der Waals surface area contributed by atoms with E-state index in [-0.39, 0.29) is 5.91 Å². The highest BCUT2D eigenvalue weighted by atomic mass is 16.1. The van der Waals surface area contributed by atoms with E-state index in [9.17, 15) is 4.79 Å². The lowest BCUT2D eigenvalue weighted by atomic mass is 10.1. The largest absolute Gasteiger partial charge is 0.351 e. The van der Waals surface area contributed by atoms with Gasteiger partial charge in [0.1, 0.15) is 5.69 Å². The van der Waals surface area contributed by atoms with Crippen LogP contribution >= 0.6 is 0 Å². The van der Waals surface area contributed by atoms with Gasteiger partial charge in [-0.1, -0.05) is 32.9 Å². The maximum Gasteiger partial charge on any atom is 0.270 e. The third kappa shape index (κ3) is 5.33. The van der Waals surface area contributed by atoms with Crippen molar-refractivity contribution in [1.29, 1.82) is 0 Å². The molecule has 24 heavy (non-hydrogen) atoms. The SMILES string of the molecule is CCc1ccc(Nc2nc(C)cc(C(=O)NCCC(C)C)n2)cc1. The molecule has 0 unspecified atom stereocenters. The van der Waals surface area contributed by atoms with E-state index in [1.807, 2.05) is 19.1 Å². The van der Waals surface area contributed by atoms with Crippen molar-refractivity contribution in [3.8, 4) is 0 Å². The molecule has 0 aliphatic carbocycles. The number of amides is 1. The Labute approximate surface area is 143 Å². The first-order valence-electron chi connectivity index (χ1n) is 8.47. The highest BCUT2D eigenvalue weighted by Gasteiger charge is 2.10. The molecule has 1 amide bonds. The molecular formula is C19H26N4O. The van der Waals surface area contributed by atoms with E-state index in [1.165, 1.54) is 5.56 Å². The van der Waals surface area contributed by atoms with E-state index in [0.717, 1.165) is 24.2 Å². The fourth-order valence-electron chi connectivity index (χ4n) is 2.26. The summed E-state index contributed by atoms with van der Waals surface area (Å²) in [6.45, 7) is 8.90. The summed E-state index contributed by atoms with van der Waals surface area (Å²) in [5.74, 6) is 0.833. The van der Waals surface area contributed by atoms with Gasteiger partial charge in [0, 0.05) is 17.9 Å². The van der Waals surface area contributed by atoms with Crippen molar-refractivity contribution in [3.05, 3.63) is 47.3 Å². The first kappa shape index (κ1) is 17.9. The van der Waals surface area contributed by atoms with Gasteiger partial charge in [0.15, 0.2) is 0 Å². The molecule has 2 rings (SSSR count). The van der Waals surface area contributed by atoms with E-state index in [2.05, 4.69) is 53.5 Å². The number of aromatic nitrogens is 2. The summed E-state index contributed by atoms with van der Waals surface area (Å²) >= 11 is 0. The monoisotopic (exact) mass is 326 g/mol. The van der Waals surface area contributed by atoms with Crippen LogP contribution in [0.2, 0.25) is 0 Å². The molecule has 0 saturated heterocycles. The Bertz CT molecular complexity index is 680. The quantitative estimate of drug-likeness (QED) is 0.810. The molecule has 2 N–H and O–H groups in total. The average molecular weight is 326 g/mol. The third-order valence-corrected chi connectivity index (χ3v) is 3.71. The molecule has 0 saturated carbocycles. The number of hydrogen-bond donors (Lipinski definition) is 2. The lowest BCUT2D eigenvalue weighted by molar-refractivity contribution is 0.0947. The van der Waals surface area contributed by atoms with Crippen molar-refractivity contribution in [3.63, 3.8) is 0 Å². The van der Waals surface area contributed by atoms with Gasteiger partial charge in [-0.3, -0.25) is 4.79 Å². The Hall–Kier alpha value is -2.43. The second-order valence-electron chi connectivity index (χ2n) is 6.33. The zero-order chi connectivity index (χ0) is 17.5. The summed E-state index contributed by atoms with van der Waals surface area (Å²) in [5, 5.41) is 6.07. The van der Waals surface area contributed by atoms with E-state index in [4.69, 9.17) is 0 Å². The van der Waals surface area contributed by atoms with Gasteiger partial charge in [-0.15, -0.1) is 0 Å². The number of anilines is 2. The fourth-order valence-corrected chi connectivity index (χ4v) is 2.26. The summed E-state index contributed by atoms with van der Waals surface area (Å²) in [6, 6.07) is 9.82. The summed E-state index contributed by atoms with van der Waals surface area (Å²) in [7, 11) is 0. The second kappa shape index (κ2) is 8.43. The van der Waals surface area contributed by atoms with Crippen LogP contribution in [0.3, 0.4) is 0 Å². The molecule has 0 atom stereocenters. The van der Waals surface area contributed by atoms with Crippen LogP contribution in [-0.4, -0.2) is 22.4 Å². The topological polar surface area (TPSA) is 66.9 Å². The molecule has 5 heteroatoms. The molecule has 128 valence electrons. The molecule has 2 aromatic rings. The third-order valence-electron chi connectivity index (χ3n) is 3.71. The summed E-state index contributed by atoms with van der Waals surface area (Å²) in [5.41, 5.74) is 3.32. The first-order chi connectivity index (χ1) is 11.5. The van der Waals surface area contributed by atoms with Gasteiger partial charge in [0.05, 0.1) is 0 Å². The predicted molar refractivity (Wildman–Crippen MR) is 97.7 cm³/mol. The molecule has 0 aliphatic rings. The van der Waals surface area contributed by atoms with Crippen LogP contribution in [0.25, 0.3) is 0 Å². The van der Waals surface area contributed by atoms with E-state index < -0.39 is 0 Å². The smallest absolute Gasteiger partial charge is 0.270 e. The van der Waals surface area contributed by atoms with Crippen molar-refractivity contribution in [2.24, 2.45) is 5.92 Å². The van der Waals surface area contributed by atoms with Crippen molar-refractivity contribution < 1.29 is 4.79 Å². The van der Waals surface area contributed by atoms with Gasteiger partial charge in [-0.25, -0.2) is 9.97 Å². The number of aryl methyl sites for hydroxylation is 2. The molecule has 1 aromatic heterocycles. The molecule has 0 fully saturated rings. The Balaban J connectivity index is 2.08. The lowest BCUT2D eigenvalue weighted by Gasteiger charge is -2.10. The van der Waals surface area contributed by atoms with Gasteiger partial charge >= 0.3 is 0 Å². The van der Waals surface area contributed by atoms with Crippen molar-refractivity contribution in [2.75, 3.05) is 11.9 Å². The number of nitrogens with one attached hydrogen (secondary N) is 2. The number of hydrogen-bond acceptors (Lipinski definition) is 4. The van der Waals surface area contributed by atoms with Gasteiger partial charge in [-0.2, -0.15) is 0 Å². The highest BCUT2D eigenvalue weighted by Crippen LogP contribution is 2.15. The van der Waals surface area contributed by atoms with Crippen molar-refractivity contribution in [2.45, 2.75) is 40.5 Å². The zero-order valence-corrected chi connectivity index (χ0v) is 14.9. The summed E-state index contributed by atoms with van der Waals surface area (Å²) in [6.07, 6.45) is 1.95. The predicted octanol–water partition coefficient (Wildman–Crippen LogP) is 3.87. The summed E-state index contributed by atoms with van der Waals surface area (Å²) in [4.78, 5) is 20.9. The Morgan fingerprint density at radius 1 is 1.17 bits per heavy atom. The molecule has 1 heterocycles. The number of carbonyl (C=O) groups is 1. The standard InChI is InChI=1S/C19H26N4O/c1-5-15-6-8-16(9-7-15)22-19-21-14(4)12-17(23-19)18(24)20-11-10-13(2)3/h6-9,12-13H,5,10-11H2,1-4H3,(H,20,24)(H,21,22,23). The Kier molecular flexibility index (Phi) is 6.29. The minimum atomic E-state index is -0.162. The number of benzene rings is 1. The van der Waals surface area contributed by atoms with Crippen LogP contribution in [0.4, 0.5) is 11.6 Å². The maximum atomic E-state index is 12.2. The normalized spacial score (nSPS) is 10.7. The molecule has 0 aliphatic heterocycles. The van der Waals surface area contributed by atoms with Crippen molar-refractivity contribution >= 4 is 17.5 Å². The van der Waals surface area contributed by atoms with E-state index in [1.54, 1.807) is 6.07 Å². The first-order valence-corrected chi connectivity index (χ1v) is 8.47. The zero-order valence-electron chi connectivity index (χ0n) is 14.9. The molecule has 0 radical (unpaired) electrons. The number of nitrogens with zero attached hydrogens (tertiary/aromatic N) is 2. The average Bonchev–Trinajstić information content (AvgIpc) is 2.54. The number of carbonyl (C=O) groups excluding carboxylic acids is 1. The van der Waals surface area contributed by atoms with Crippen LogP contribution in [0.1, 0.15) is 48.9 Å². The van der Waals surface area contributed by atoms with Crippen LogP contribution in [0, 0.1) is 12.8 Å². The van der Waals surface area contributed by atoms with Gasteiger partial charge in [0.2, 0.25) is 5.95 Å².